The SMILES string of the molecule is COC(=O)C1=C(C)N=c2s/c(=C/c3c(F)cccc3Cl)c(=O)n2[C@@H]1c1cccs1. The molecule has 5 nitrogen and oxygen atoms in total. The highest BCUT2D eigenvalue weighted by molar-refractivity contribution is 7.10. The first-order valence-corrected chi connectivity index (χ1v) is 10.6. The van der Waals surface area contributed by atoms with E-state index in [1.54, 1.807) is 13.0 Å². The molecule has 1 atom stereocenters. The third-order valence-corrected chi connectivity index (χ3v) is 6.75. The minimum absolute atomic E-state index is 0.135. The fourth-order valence-corrected chi connectivity index (χ4v) is 5.26. The van der Waals surface area contributed by atoms with Crippen molar-refractivity contribution in [3.05, 3.63) is 88.0 Å². The van der Waals surface area contributed by atoms with Gasteiger partial charge in [0.05, 0.1) is 27.9 Å². The molecule has 4 rings (SSSR count). The number of methoxy groups -OCH3 is 1. The summed E-state index contributed by atoms with van der Waals surface area (Å²) in [6.07, 6.45) is 1.42. The topological polar surface area (TPSA) is 60.7 Å². The van der Waals surface area contributed by atoms with E-state index in [1.807, 2.05) is 17.5 Å². The average molecular weight is 449 g/mol. The molecule has 1 aromatic carbocycles. The normalized spacial score (nSPS) is 16.6. The van der Waals surface area contributed by atoms with E-state index in [1.165, 1.54) is 41.2 Å². The molecule has 0 spiro atoms. The van der Waals surface area contributed by atoms with Crippen LogP contribution in [0.1, 0.15) is 23.4 Å². The van der Waals surface area contributed by atoms with E-state index in [0.717, 1.165) is 16.2 Å². The fraction of sp³-hybridized carbons (Fsp3) is 0.150. The minimum Gasteiger partial charge on any atom is -0.466 e. The van der Waals surface area contributed by atoms with E-state index in [9.17, 15) is 14.0 Å². The van der Waals surface area contributed by atoms with Gasteiger partial charge in [0.15, 0.2) is 4.80 Å². The number of aromatic nitrogens is 1. The molecule has 0 saturated carbocycles. The summed E-state index contributed by atoms with van der Waals surface area (Å²) < 4.78 is 20.9. The second-order valence-corrected chi connectivity index (χ2v) is 8.62. The van der Waals surface area contributed by atoms with Crippen LogP contribution in [0.25, 0.3) is 6.08 Å². The van der Waals surface area contributed by atoms with Crippen LogP contribution >= 0.6 is 34.3 Å². The number of carbonyl (C=O) groups excluding carboxylic acids is 1. The van der Waals surface area contributed by atoms with E-state index >= 15 is 0 Å². The number of thiazole rings is 1. The van der Waals surface area contributed by atoms with Crippen molar-refractivity contribution in [2.45, 2.75) is 13.0 Å². The number of hydrogen-bond acceptors (Lipinski definition) is 6. The summed E-state index contributed by atoms with van der Waals surface area (Å²) in [5.74, 6) is -1.07. The molecule has 148 valence electrons. The Kier molecular flexibility index (Phi) is 5.24. The maximum atomic E-state index is 14.2. The predicted molar refractivity (Wildman–Crippen MR) is 112 cm³/mol. The number of ether oxygens (including phenoxy) is 1. The molecule has 0 radical (unpaired) electrons. The molecule has 0 fully saturated rings. The summed E-state index contributed by atoms with van der Waals surface area (Å²) in [6, 6.07) is 7.38. The van der Waals surface area contributed by atoms with Gasteiger partial charge in [-0.15, -0.1) is 11.3 Å². The van der Waals surface area contributed by atoms with E-state index in [2.05, 4.69) is 4.99 Å². The van der Waals surface area contributed by atoms with E-state index in [-0.39, 0.29) is 20.7 Å². The van der Waals surface area contributed by atoms with Gasteiger partial charge in [-0.2, -0.15) is 0 Å². The van der Waals surface area contributed by atoms with Crippen molar-refractivity contribution in [3.8, 4) is 0 Å². The van der Waals surface area contributed by atoms with Crippen LogP contribution in [0.2, 0.25) is 5.02 Å². The highest BCUT2D eigenvalue weighted by atomic mass is 35.5. The van der Waals surface area contributed by atoms with Crippen LogP contribution in [-0.4, -0.2) is 17.6 Å². The number of thiophene rings is 1. The lowest BCUT2D eigenvalue weighted by Crippen LogP contribution is -2.39. The lowest BCUT2D eigenvalue weighted by Gasteiger charge is -2.22. The summed E-state index contributed by atoms with van der Waals surface area (Å²) in [7, 11) is 1.29. The Morgan fingerprint density at radius 2 is 2.14 bits per heavy atom. The first-order valence-electron chi connectivity index (χ1n) is 8.50. The van der Waals surface area contributed by atoms with Crippen LogP contribution in [-0.2, 0) is 9.53 Å². The summed E-state index contributed by atoms with van der Waals surface area (Å²) in [4.78, 5) is 31.4. The van der Waals surface area contributed by atoms with Gasteiger partial charge in [0.1, 0.15) is 11.9 Å². The molecule has 0 unspecified atom stereocenters. The monoisotopic (exact) mass is 448 g/mol. The number of carbonyl (C=O) groups is 1. The largest absolute Gasteiger partial charge is 0.466 e. The summed E-state index contributed by atoms with van der Waals surface area (Å²) in [5, 5.41) is 2.08. The molecule has 0 N–H and O–H groups in total. The number of rotatable bonds is 3. The van der Waals surface area contributed by atoms with E-state index in [0.29, 0.717) is 16.1 Å². The maximum absolute atomic E-state index is 14.2. The molecule has 0 aliphatic carbocycles. The highest BCUT2D eigenvalue weighted by Gasteiger charge is 2.33. The first-order chi connectivity index (χ1) is 13.9. The molecule has 0 saturated heterocycles. The Morgan fingerprint density at radius 1 is 1.34 bits per heavy atom. The fourth-order valence-electron chi connectivity index (χ4n) is 3.19. The first kappa shape index (κ1) is 19.8. The summed E-state index contributed by atoms with van der Waals surface area (Å²) >= 11 is 8.65. The predicted octanol–water partition coefficient (Wildman–Crippen LogP) is 3.26. The third kappa shape index (κ3) is 3.37. The number of fused-ring (bicyclic) bond motifs is 1. The minimum atomic E-state index is -0.656. The van der Waals surface area contributed by atoms with Gasteiger partial charge < -0.3 is 4.74 Å². The Hall–Kier alpha value is -2.55. The van der Waals surface area contributed by atoms with Crippen LogP contribution in [0.3, 0.4) is 0 Å². The molecule has 0 bridgehead atoms. The smallest absolute Gasteiger partial charge is 0.338 e. The standard InChI is InChI=1S/C20H14ClFN2O3S2/c1-10-16(19(26)27-2)17(14-7-4-8-28-14)24-18(25)15(29-20(24)23-10)9-11-12(21)5-3-6-13(11)22/h3-9,17H,1-2H3/b15-9+/t17-/m1/s1. The zero-order valence-corrected chi connectivity index (χ0v) is 17.7. The second-order valence-electron chi connectivity index (χ2n) is 6.22. The quantitative estimate of drug-likeness (QED) is 0.578. The van der Waals surface area contributed by atoms with Gasteiger partial charge in [-0.1, -0.05) is 35.1 Å². The zero-order chi connectivity index (χ0) is 20.7. The molecule has 29 heavy (non-hydrogen) atoms. The van der Waals surface area contributed by atoms with Gasteiger partial charge in [-0.3, -0.25) is 9.36 Å². The Balaban J connectivity index is 2.00. The number of allylic oxidation sites excluding steroid dienone is 1. The number of esters is 1. The Labute approximate surface area is 177 Å². The van der Waals surface area contributed by atoms with Gasteiger partial charge >= 0.3 is 5.97 Å². The van der Waals surface area contributed by atoms with Gasteiger partial charge in [0.25, 0.3) is 5.56 Å². The number of halogens is 2. The van der Waals surface area contributed by atoms with Crippen molar-refractivity contribution >= 4 is 46.3 Å². The van der Waals surface area contributed by atoms with Crippen LogP contribution in [0, 0.1) is 5.82 Å². The van der Waals surface area contributed by atoms with Gasteiger partial charge in [-0.25, -0.2) is 14.2 Å². The highest BCUT2D eigenvalue weighted by Crippen LogP contribution is 2.33. The molecular weight excluding hydrogens is 435 g/mol. The molecule has 9 heteroatoms. The molecule has 0 amide bonds. The lowest BCUT2D eigenvalue weighted by molar-refractivity contribution is -0.136. The van der Waals surface area contributed by atoms with Crippen molar-refractivity contribution in [3.63, 3.8) is 0 Å². The van der Waals surface area contributed by atoms with Crippen molar-refractivity contribution in [1.29, 1.82) is 0 Å². The Morgan fingerprint density at radius 3 is 2.79 bits per heavy atom. The average Bonchev–Trinajstić information content (AvgIpc) is 3.32. The summed E-state index contributed by atoms with van der Waals surface area (Å²) in [6.45, 7) is 1.71. The number of nitrogens with zero attached hydrogens (tertiary/aromatic N) is 2. The number of hydrogen-bond donors (Lipinski definition) is 0. The molecule has 3 heterocycles. The van der Waals surface area contributed by atoms with Crippen LogP contribution in [0.5, 0.6) is 0 Å². The second kappa shape index (κ2) is 7.70. The molecule has 1 aliphatic rings. The van der Waals surface area contributed by atoms with Gasteiger partial charge in [0, 0.05) is 10.4 Å². The zero-order valence-electron chi connectivity index (χ0n) is 15.3. The van der Waals surface area contributed by atoms with Crippen LogP contribution < -0.4 is 14.9 Å². The number of benzene rings is 1. The Bertz CT molecular complexity index is 1300. The van der Waals surface area contributed by atoms with E-state index in [4.69, 9.17) is 16.3 Å². The summed E-state index contributed by atoms with van der Waals surface area (Å²) in [5.41, 5.74) is 0.543. The molecule has 3 aromatic rings. The third-order valence-electron chi connectivity index (χ3n) is 4.51. The van der Waals surface area contributed by atoms with Crippen LogP contribution in [0.4, 0.5) is 4.39 Å². The van der Waals surface area contributed by atoms with Crippen molar-refractivity contribution in [1.82, 2.24) is 4.57 Å². The molecule has 2 aromatic heterocycles. The molecular formula is C20H14ClFN2O3S2. The lowest BCUT2D eigenvalue weighted by atomic mass is 10.0. The van der Waals surface area contributed by atoms with E-state index < -0.39 is 17.8 Å². The molecule has 1 aliphatic heterocycles. The van der Waals surface area contributed by atoms with Gasteiger partial charge in [0.2, 0.25) is 0 Å². The maximum Gasteiger partial charge on any atom is 0.338 e. The van der Waals surface area contributed by atoms with Crippen molar-refractivity contribution in [2.24, 2.45) is 4.99 Å². The van der Waals surface area contributed by atoms with Crippen LogP contribution in [0.15, 0.2) is 56.8 Å². The van der Waals surface area contributed by atoms with Crippen molar-refractivity contribution in [2.75, 3.05) is 7.11 Å². The van der Waals surface area contributed by atoms with Gasteiger partial charge in [-0.05, 0) is 36.6 Å². The van der Waals surface area contributed by atoms with Crippen molar-refractivity contribution < 1.29 is 13.9 Å².